The number of β-lactam (4-membered cyclic amide) rings is 1. The van der Waals surface area contributed by atoms with E-state index in [1.165, 1.54) is 6.20 Å². The fourth-order valence-electron chi connectivity index (χ4n) is 4.98. The average Bonchev–Trinajstić information content (AvgIpc) is 3.46. The third-order valence-electron chi connectivity index (χ3n) is 6.92. The number of aliphatic hydroxyl groups excluding tert-OH is 1. The van der Waals surface area contributed by atoms with Crippen molar-refractivity contribution in [2.24, 2.45) is 5.41 Å². The van der Waals surface area contributed by atoms with Crippen LogP contribution in [0.5, 0.6) is 5.75 Å². The lowest BCUT2D eigenvalue weighted by molar-refractivity contribution is -0.141. The molecule has 0 unspecified atom stereocenters. The average molecular weight is 465 g/mol. The highest BCUT2D eigenvalue weighted by atomic mass is 16.5. The van der Waals surface area contributed by atoms with Crippen LogP contribution < -0.4 is 20.3 Å². The first-order chi connectivity index (χ1) is 16.5. The van der Waals surface area contributed by atoms with Gasteiger partial charge in [-0.2, -0.15) is 5.10 Å². The van der Waals surface area contributed by atoms with Gasteiger partial charge in [-0.1, -0.05) is 0 Å². The zero-order chi connectivity index (χ0) is 23.9. The van der Waals surface area contributed by atoms with Crippen molar-refractivity contribution in [2.45, 2.75) is 32.3 Å². The molecule has 3 aromatic rings. The van der Waals surface area contributed by atoms with Gasteiger partial charge in [-0.25, -0.2) is 9.50 Å². The molecule has 34 heavy (non-hydrogen) atoms. The second-order valence-corrected chi connectivity index (χ2v) is 8.96. The molecule has 0 saturated carbocycles. The van der Waals surface area contributed by atoms with Crippen LogP contribution in [-0.2, 0) is 11.2 Å². The number of carbonyl (C=O) groups excluding carboxylic acids is 2. The number of anilines is 2. The third-order valence-corrected chi connectivity index (χ3v) is 6.92. The molecular weight excluding hydrogens is 436 g/mol. The van der Waals surface area contributed by atoms with Crippen LogP contribution in [-0.4, -0.2) is 64.4 Å². The van der Waals surface area contributed by atoms with Crippen LogP contribution in [0.15, 0.2) is 36.8 Å². The van der Waals surface area contributed by atoms with Gasteiger partial charge in [-0.05, 0) is 31.9 Å². The number of benzene rings is 1. The summed E-state index contributed by atoms with van der Waals surface area (Å²) in [7, 11) is 1.00. The highest BCUT2D eigenvalue weighted by molar-refractivity contribution is 6.09. The van der Waals surface area contributed by atoms with E-state index in [0.29, 0.717) is 11.2 Å². The van der Waals surface area contributed by atoms with Crippen LogP contribution in [0, 0.1) is 5.41 Å². The summed E-state index contributed by atoms with van der Waals surface area (Å²) in [6.07, 6.45) is 7.47. The SMILES string of the molecule is CO.C[C@H]1Cc2cc(NC(=O)c3cnn4cccnc34)c(N3CCC4(CC3)CNC4=O)cc2O1. The lowest BCUT2D eigenvalue weighted by atomic mass is 9.72. The minimum Gasteiger partial charge on any atom is -0.490 e. The number of hydrogen-bond acceptors (Lipinski definition) is 7. The number of nitrogens with one attached hydrogen (secondary N) is 2. The van der Waals surface area contributed by atoms with E-state index in [2.05, 4.69) is 25.6 Å². The molecule has 0 bridgehead atoms. The molecule has 0 aliphatic carbocycles. The summed E-state index contributed by atoms with van der Waals surface area (Å²) in [5, 5.41) is 17.2. The molecule has 10 nitrogen and oxygen atoms in total. The van der Waals surface area contributed by atoms with E-state index < -0.39 is 0 Å². The molecule has 2 saturated heterocycles. The van der Waals surface area contributed by atoms with E-state index >= 15 is 0 Å². The Bertz CT molecular complexity index is 1250. The zero-order valence-corrected chi connectivity index (χ0v) is 19.2. The van der Waals surface area contributed by atoms with Crippen molar-refractivity contribution < 1.29 is 19.4 Å². The number of hydrogen-bond donors (Lipinski definition) is 3. The Labute approximate surface area is 196 Å². The summed E-state index contributed by atoms with van der Waals surface area (Å²) in [6.45, 7) is 4.31. The van der Waals surface area contributed by atoms with Gasteiger partial charge >= 0.3 is 0 Å². The Morgan fingerprint density at radius 2 is 2.09 bits per heavy atom. The van der Waals surface area contributed by atoms with Crippen LogP contribution in [0.3, 0.4) is 0 Å². The first-order valence-electron chi connectivity index (χ1n) is 11.4. The minimum atomic E-state index is -0.251. The number of carbonyl (C=O) groups is 2. The topological polar surface area (TPSA) is 121 Å². The largest absolute Gasteiger partial charge is 0.490 e. The molecule has 3 aliphatic heterocycles. The number of fused-ring (bicyclic) bond motifs is 2. The Balaban J connectivity index is 0.00000117. The molecule has 3 N–H and O–H groups in total. The third kappa shape index (κ3) is 3.63. The summed E-state index contributed by atoms with van der Waals surface area (Å²) in [5.41, 5.74) is 3.47. The number of piperidine rings is 1. The quantitative estimate of drug-likeness (QED) is 0.504. The van der Waals surface area contributed by atoms with Gasteiger partial charge in [-0.3, -0.25) is 9.59 Å². The molecule has 1 aromatic carbocycles. The van der Waals surface area contributed by atoms with Crippen molar-refractivity contribution in [1.29, 1.82) is 0 Å². The number of aliphatic hydroxyl groups is 1. The van der Waals surface area contributed by atoms with Gasteiger partial charge in [0.05, 0.1) is 23.0 Å². The first kappa shape index (κ1) is 22.1. The maximum Gasteiger partial charge on any atom is 0.261 e. The van der Waals surface area contributed by atoms with Crippen molar-refractivity contribution in [2.75, 3.05) is 37.0 Å². The van der Waals surface area contributed by atoms with Gasteiger partial charge in [0, 0.05) is 57.2 Å². The molecule has 1 spiro atoms. The fraction of sp³-hybridized carbons (Fsp3) is 0.417. The Hall–Kier alpha value is -3.66. The standard InChI is InChI=1S/C23H24N6O3.CH4O/c1-14-9-15-10-17(27-21(30)16-12-26-29-6-2-5-24-20(16)29)18(11-19(15)32-14)28-7-3-23(4-8-28)13-25-22(23)31;1-2/h2,5-6,10-12,14H,3-4,7-9,13H2,1H3,(H,25,31)(H,27,30);2H,1H3/t14-;/m0./s1. The number of amides is 2. The zero-order valence-electron chi connectivity index (χ0n) is 19.2. The second kappa shape index (κ2) is 8.60. The first-order valence-corrected chi connectivity index (χ1v) is 11.4. The van der Waals surface area contributed by atoms with Gasteiger partial charge in [0.2, 0.25) is 5.91 Å². The van der Waals surface area contributed by atoms with E-state index in [0.717, 1.165) is 68.7 Å². The number of ether oxygens (including phenoxy) is 1. The van der Waals surface area contributed by atoms with E-state index in [1.54, 1.807) is 23.0 Å². The summed E-state index contributed by atoms with van der Waals surface area (Å²) in [4.78, 5) is 31.8. The molecule has 178 valence electrons. The summed E-state index contributed by atoms with van der Waals surface area (Å²) in [6, 6.07) is 5.82. The maximum atomic E-state index is 13.2. The molecule has 1 atom stereocenters. The minimum absolute atomic E-state index is 0.107. The molecule has 5 heterocycles. The summed E-state index contributed by atoms with van der Waals surface area (Å²) in [5.74, 6) is 0.779. The normalized spacial score (nSPS) is 20.0. The van der Waals surface area contributed by atoms with Crippen molar-refractivity contribution in [3.8, 4) is 5.75 Å². The number of rotatable bonds is 3. The van der Waals surface area contributed by atoms with Crippen LogP contribution >= 0.6 is 0 Å². The molecule has 2 aromatic heterocycles. The van der Waals surface area contributed by atoms with Gasteiger partial charge in [0.1, 0.15) is 17.4 Å². The number of nitrogens with zero attached hydrogens (tertiary/aromatic N) is 4. The van der Waals surface area contributed by atoms with Crippen LogP contribution in [0.4, 0.5) is 11.4 Å². The van der Waals surface area contributed by atoms with Gasteiger partial charge < -0.3 is 25.4 Å². The Kier molecular flexibility index (Phi) is 5.60. The Morgan fingerprint density at radius 3 is 2.79 bits per heavy atom. The molecular formula is C24H28N6O4. The highest BCUT2D eigenvalue weighted by Gasteiger charge is 2.48. The fourth-order valence-corrected chi connectivity index (χ4v) is 4.98. The van der Waals surface area contributed by atoms with Crippen LogP contribution in [0.2, 0.25) is 0 Å². The lowest BCUT2D eigenvalue weighted by Gasteiger charge is -2.47. The van der Waals surface area contributed by atoms with E-state index in [9.17, 15) is 9.59 Å². The maximum absolute atomic E-state index is 13.2. The highest BCUT2D eigenvalue weighted by Crippen LogP contribution is 2.43. The van der Waals surface area contributed by atoms with E-state index in [4.69, 9.17) is 9.84 Å². The summed E-state index contributed by atoms with van der Waals surface area (Å²) < 4.78 is 7.58. The van der Waals surface area contributed by atoms with Crippen LogP contribution in [0.1, 0.15) is 35.7 Å². The summed E-state index contributed by atoms with van der Waals surface area (Å²) >= 11 is 0. The van der Waals surface area contributed by atoms with Crippen molar-refractivity contribution in [3.63, 3.8) is 0 Å². The predicted molar refractivity (Wildman–Crippen MR) is 126 cm³/mol. The van der Waals surface area contributed by atoms with Crippen molar-refractivity contribution in [1.82, 2.24) is 19.9 Å². The monoisotopic (exact) mass is 464 g/mol. The smallest absolute Gasteiger partial charge is 0.261 e. The molecule has 0 radical (unpaired) electrons. The molecule has 2 amide bonds. The Morgan fingerprint density at radius 1 is 1.29 bits per heavy atom. The predicted octanol–water partition coefficient (Wildman–Crippen LogP) is 1.63. The van der Waals surface area contributed by atoms with Gasteiger partial charge in [0.15, 0.2) is 5.65 Å². The van der Waals surface area contributed by atoms with Gasteiger partial charge in [0.25, 0.3) is 5.91 Å². The van der Waals surface area contributed by atoms with Crippen LogP contribution in [0.25, 0.3) is 5.65 Å². The molecule has 3 aliphatic rings. The van der Waals surface area contributed by atoms with Crippen molar-refractivity contribution in [3.05, 3.63) is 47.9 Å². The van der Waals surface area contributed by atoms with Crippen molar-refractivity contribution >= 4 is 28.8 Å². The molecule has 10 heteroatoms. The number of aromatic nitrogens is 3. The van der Waals surface area contributed by atoms with E-state index in [1.807, 2.05) is 19.1 Å². The second-order valence-electron chi connectivity index (χ2n) is 8.96. The molecule has 2 fully saturated rings. The lowest BCUT2D eigenvalue weighted by Crippen LogP contribution is -2.62. The van der Waals surface area contributed by atoms with E-state index in [-0.39, 0.29) is 23.3 Å². The van der Waals surface area contributed by atoms with Gasteiger partial charge in [-0.15, -0.1) is 0 Å². The molecule has 6 rings (SSSR count).